The molecule has 1 aliphatic heterocycles. The predicted molar refractivity (Wildman–Crippen MR) is 128 cm³/mol. The molecule has 1 N–H and O–H groups in total. The fraction of sp³-hybridized carbons (Fsp3) is 0.560. The minimum absolute atomic E-state index is 0.0146. The van der Waals surface area contributed by atoms with E-state index in [9.17, 15) is 14.3 Å². The molecule has 182 valence electrons. The standard InChI is InChI=1S/C25H35FN2O4S/c1-3-6-20(29)16-27(11-5-13-31-2)17-25(30)28-12-9-24-22(10-14-33-24)23(28)18-32-21-8-4-7-19(26)15-21/h4,7-8,10,14-15,20,23,29H,3,5-6,9,11-13,16-18H2,1-2H3/t20-,23-/m1/s1. The number of hydrogen-bond donors (Lipinski definition) is 1. The van der Waals surface area contributed by atoms with Gasteiger partial charge in [0.15, 0.2) is 0 Å². The first-order valence-corrected chi connectivity index (χ1v) is 12.5. The van der Waals surface area contributed by atoms with Gasteiger partial charge in [-0.15, -0.1) is 11.3 Å². The summed E-state index contributed by atoms with van der Waals surface area (Å²) in [6.45, 7) is 4.92. The van der Waals surface area contributed by atoms with Crippen molar-refractivity contribution in [3.05, 3.63) is 52.0 Å². The van der Waals surface area contributed by atoms with E-state index in [0.29, 0.717) is 38.4 Å². The number of fused-ring (bicyclic) bond motifs is 1. The summed E-state index contributed by atoms with van der Waals surface area (Å²) in [6, 6.07) is 7.91. The lowest BCUT2D eigenvalue weighted by molar-refractivity contribution is -0.136. The number of methoxy groups -OCH3 is 1. The lowest BCUT2D eigenvalue weighted by atomic mass is 10.0. The van der Waals surface area contributed by atoms with Crippen LogP contribution in [0, 0.1) is 5.82 Å². The predicted octanol–water partition coefficient (Wildman–Crippen LogP) is 3.89. The van der Waals surface area contributed by atoms with Gasteiger partial charge in [0, 0.05) is 44.3 Å². The zero-order valence-electron chi connectivity index (χ0n) is 19.5. The monoisotopic (exact) mass is 478 g/mol. The van der Waals surface area contributed by atoms with Crippen molar-refractivity contribution in [2.24, 2.45) is 0 Å². The van der Waals surface area contributed by atoms with Gasteiger partial charge in [-0.05, 0) is 48.4 Å². The first kappa shape index (κ1) is 25.6. The number of hydrogen-bond acceptors (Lipinski definition) is 6. The largest absolute Gasteiger partial charge is 0.491 e. The van der Waals surface area contributed by atoms with Crippen LogP contribution in [0.15, 0.2) is 35.7 Å². The van der Waals surface area contributed by atoms with Crippen LogP contribution in [0.1, 0.15) is 42.7 Å². The van der Waals surface area contributed by atoms with Crippen molar-refractivity contribution >= 4 is 17.2 Å². The van der Waals surface area contributed by atoms with Crippen LogP contribution in [0.4, 0.5) is 4.39 Å². The Morgan fingerprint density at radius 1 is 1.39 bits per heavy atom. The summed E-state index contributed by atoms with van der Waals surface area (Å²) in [6.07, 6.45) is 2.76. The van der Waals surface area contributed by atoms with Gasteiger partial charge in [0.1, 0.15) is 18.2 Å². The first-order valence-electron chi connectivity index (χ1n) is 11.6. The second kappa shape index (κ2) is 13.0. The summed E-state index contributed by atoms with van der Waals surface area (Å²) < 4.78 is 24.7. The van der Waals surface area contributed by atoms with Crippen molar-refractivity contribution in [1.82, 2.24) is 9.80 Å². The van der Waals surface area contributed by atoms with Gasteiger partial charge in [-0.2, -0.15) is 0 Å². The summed E-state index contributed by atoms with van der Waals surface area (Å²) in [7, 11) is 1.66. The third-order valence-corrected chi connectivity index (χ3v) is 6.89. The number of amides is 1. The zero-order chi connectivity index (χ0) is 23.6. The van der Waals surface area contributed by atoms with Crippen molar-refractivity contribution in [2.75, 3.05) is 46.5 Å². The van der Waals surface area contributed by atoms with E-state index in [2.05, 4.69) is 6.07 Å². The highest BCUT2D eigenvalue weighted by Gasteiger charge is 2.33. The van der Waals surface area contributed by atoms with E-state index in [1.165, 1.54) is 17.0 Å². The van der Waals surface area contributed by atoms with Crippen LogP contribution in [-0.4, -0.2) is 73.4 Å². The Balaban J connectivity index is 1.70. The highest BCUT2D eigenvalue weighted by atomic mass is 32.1. The van der Waals surface area contributed by atoms with Crippen LogP contribution in [0.5, 0.6) is 5.75 Å². The van der Waals surface area contributed by atoms with E-state index in [4.69, 9.17) is 9.47 Å². The molecule has 0 aliphatic carbocycles. The van der Waals surface area contributed by atoms with E-state index >= 15 is 0 Å². The number of aliphatic hydroxyl groups is 1. The molecule has 1 aliphatic rings. The second-order valence-electron chi connectivity index (χ2n) is 8.44. The molecule has 0 spiro atoms. The van der Waals surface area contributed by atoms with Crippen molar-refractivity contribution < 1.29 is 23.8 Å². The van der Waals surface area contributed by atoms with Crippen LogP contribution >= 0.6 is 11.3 Å². The molecule has 1 aromatic heterocycles. The fourth-order valence-corrected chi connectivity index (χ4v) is 5.21. The highest BCUT2D eigenvalue weighted by Crippen LogP contribution is 2.34. The third-order valence-electron chi connectivity index (χ3n) is 5.89. The van der Waals surface area contributed by atoms with Crippen molar-refractivity contribution in [1.29, 1.82) is 0 Å². The second-order valence-corrected chi connectivity index (χ2v) is 9.45. The molecule has 2 atom stereocenters. The lowest BCUT2D eigenvalue weighted by Crippen LogP contribution is -2.48. The molecular formula is C25H35FN2O4S. The zero-order valence-corrected chi connectivity index (χ0v) is 20.4. The molecule has 0 bridgehead atoms. The lowest BCUT2D eigenvalue weighted by Gasteiger charge is -2.37. The van der Waals surface area contributed by atoms with Crippen LogP contribution in [-0.2, 0) is 16.0 Å². The quantitative estimate of drug-likeness (QED) is 0.443. The van der Waals surface area contributed by atoms with Crippen LogP contribution in [0.25, 0.3) is 0 Å². The molecule has 0 saturated heterocycles. The van der Waals surface area contributed by atoms with Gasteiger partial charge in [0.05, 0.1) is 18.7 Å². The van der Waals surface area contributed by atoms with Gasteiger partial charge >= 0.3 is 0 Å². The van der Waals surface area contributed by atoms with Gasteiger partial charge < -0.3 is 19.5 Å². The van der Waals surface area contributed by atoms with Gasteiger partial charge in [-0.3, -0.25) is 9.69 Å². The van der Waals surface area contributed by atoms with E-state index in [1.54, 1.807) is 30.6 Å². The maximum Gasteiger partial charge on any atom is 0.237 e. The summed E-state index contributed by atoms with van der Waals surface area (Å²) in [5.74, 6) is 0.118. The number of thiophene rings is 1. The number of aliphatic hydroxyl groups excluding tert-OH is 1. The topological polar surface area (TPSA) is 62.2 Å². The van der Waals surface area contributed by atoms with Gasteiger partial charge in [-0.1, -0.05) is 19.4 Å². The molecule has 0 radical (unpaired) electrons. The van der Waals surface area contributed by atoms with Crippen molar-refractivity contribution in [3.8, 4) is 5.75 Å². The fourth-order valence-electron chi connectivity index (χ4n) is 4.28. The first-order chi connectivity index (χ1) is 16.0. The molecule has 0 saturated carbocycles. The minimum atomic E-state index is -0.456. The Kier molecular flexibility index (Phi) is 10.1. The Morgan fingerprint density at radius 2 is 2.24 bits per heavy atom. The molecule has 33 heavy (non-hydrogen) atoms. The number of carbonyl (C=O) groups excluding carboxylic acids is 1. The molecule has 0 fully saturated rings. The SMILES string of the molecule is CCC[C@@H](O)CN(CCCOC)CC(=O)N1CCc2sccc2[C@H]1COc1cccc(F)c1. The summed E-state index contributed by atoms with van der Waals surface area (Å²) in [4.78, 5) is 18.6. The smallest absolute Gasteiger partial charge is 0.237 e. The molecule has 2 heterocycles. The number of benzene rings is 1. The maximum absolute atomic E-state index is 13.6. The summed E-state index contributed by atoms with van der Waals surface area (Å²) in [5, 5.41) is 12.4. The number of rotatable bonds is 13. The average molecular weight is 479 g/mol. The van der Waals surface area contributed by atoms with Crippen molar-refractivity contribution in [2.45, 2.75) is 44.8 Å². The van der Waals surface area contributed by atoms with Gasteiger partial charge in [0.2, 0.25) is 5.91 Å². The number of halogens is 1. The number of carbonyl (C=O) groups is 1. The maximum atomic E-state index is 13.6. The molecule has 6 nitrogen and oxygen atoms in total. The Morgan fingerprint density at radius 3 is 3.00 bits per heavy atom. The number of nitrogens with zero attached hydrogens (tertiary/aromatic N) is 2. The van der Waals surface area contributed by atoms with Crippen LogP contribution in [0.3, 0.4) is 0 Å². The Hall–Kier alpha value is -2.00. The van der Waals surface area contributed by atoms with E-state index in [1.807, 2.05) is 22.1 Å². The molecule has 2 aromatic rings. The molecule has 8 heteroatoms. The average Bonchev–Trinajstić information content (AvgIpc) is 3.27. The molecule has 0 unspecified atom stereocenters. The van der Waals surface area contributed by atoms with E-state index in [0.717, 1.165) is 24.8 Å². The Bertz CT molecular complexity index is 878. The summed E-state index contributed by atoms with van der Waals surface area (Å²) >= 11 is 1.70. The normalized spacial score (nSPS) is 16.6. The van der Waals surface area contributed by atoms with E-state index < -0.39 is 6.10 Å². The van der Waals surface area contributed by atoms with Crippen LogP contribution in [0.2, 0.25) is 0 Å². The van der Waals surface area contributed by atoms with E-state index in [-0.39, 0.29) is 30.9 Å². The van der Waals surface area contributed by atoms with Crippen molar-refractivity contribution in [3.63, 3.8) is 0 Å². The highest BCUT2D eigenvalue weighted by molar-refractivity contribution is 7.10. The van der Waals surface area contributed by atoms with Gasteiger partial charge in [-0.25, -0.2) is 4.39 Å². The molecular weight excluding hydrogens is 443 g/mol. The molecule has 1 aromatic carbocycles. The minimum Gasteiger partial charge on any atom is -0.491 e. The Labute approximate surface area is 199 Å². The molecule has 1 amide bonds. The third kappa shape index (κ3) is 7.50. The number of ether oxygens (including phenoxy) is 2. The van der Waals surface area contributed by atoms with Crippen LogP contribution < -0.4 is 4.74 Å². The van der Waals surface area contributed by atoms with Gasteiger partial charge in [0.25, 0.3) is 0 Å². The summed E-state index contributed by atoms with van der Waals surface area (Å²) in [5.41, 5.74) is 1.10. The molecule has 3 rings (SSSR count).